The molecule has 1 aromatic rings. The number of anilines is 1. The van der Waals surface area contributed by atoms with Crippen molar-refractivity contribution in [2.24, 2.45) is 0 Å². The molecule has 1 aliphatic heterocycles. The second-order valence-electron chi connectivity index (χ2n) is 4.91. The number of hydrogen-bond acceptors (Lipinski definition) is 3. The normalized spacial score (nSPS) is 15.8. The SMILES string of the molecule is O=CN1CCN(CCC(=O)Nc2ccc(F)c(Cl)c2)CC1. The van der Waals surface area contributed by atoms with Crippen LogP contribution in [0.2, 0.25) is 5.02 Å². The first-order valence-corrected chi connectivity index (χ1v) is 7.13. The number of hydrogen-bond donors (Lipinski definition) is 1. The van der Waals surface area contributed by atoms with Gasteiger partial charge in [-0.15, -0.1) is 0 Å². The van der Waals surface area contributed by atoms with E-state index in [1.165, 1.54) is 18.2 Å². The number of piperazine rings is 1. The fourth-order valence-electron chi connectivity index (χ4n) is 2.15. The summed E-state index contributed by atoms with van der Waals surface area (Å²) in [6.45, 7) is 3.56. The Morgan fingerprint density at radius 2 is 2.05 bits per heavy atom. The molecular weight excluding hydrogens is 297 g/mol. The predicted molar refractivity (Wildman–Crippen MR) is 78.7 cm³/mol. The number of carbonyl (C=O) groups excluding carboxylic acids is 2. The van der Waals surface area contributed by atoms with Crippen molar-refractivity contribution < 1.29 is 14.0 Å². The van der Waals surface area contributed by atoms with Crippen molar-refractivity contribution >= 4 is 29.6 Å². The molecule has 1 saturated heterocycles. The Labute approximate surface area is 127 Å². The predicted octanol–water partition coefficient (Wildman–Crippen LogP) is 1.58. The van der Waals surface area contributed by atoms with Crippen LogP contribution in [0.25, 0.3) is 0 Å². The summed E-state index contributed by atoms with van der Waals surface area (Å²) in [7, 11) is 0. The maximum Gasteiger partial charge on any atom is 0.225 e. The average Bonchev–Trinajstić information content (AvgIpc) is 2.49. The lowest BCUT2D eigenvalue weighted by Crippen LogP contribution is -2.46. The Balaban J connectivity index is 1.75. The summed E-state index contributed by atoms with van der Waals surface area (Å²) < 4.78 is 13.0. The Bertz CT molecular complexity index is 519. The fraction of sp³-hybridized carbons (Fsp3) is 0.429. The number of amides is 2. The maximum atomic E-state index is 13.0. The molecule has 1 fully saturated rings. The third-order valence-corrected chi connectivity index (χ3v) is 3.70. The van der Waals surface area contributed by atoms with E-state index in [9.17, 15) is 14.0 Å². The van der Waals surface area contributed by atoms with Crippen LogP contribution in [0.5, 0.6) is 0 Å². The van der Waals surface area contributed by atoms with Gasteiger partial charge in [0.25, 0.3) is 0 Å². The van der Waals surface area contributed by atoms with Gasteiger partial charge in [-0.05, 0) is 18.2 Å². The molecule has 1 N–H and O–H groups in total. The summed E-state index contributed by atoms with van der Waals surface area (Å²) in [5, 5.41) is 2.67. The van der Waals surface area contributed by atoms with Crippen LogP contribution in [0.15, 0.2) is 18.2 Å². The van der Waals surface area contributed by atoms with Gasteiger partial charge in [0.1, 0.15) is 5.82 Å². The lowest BCUT2D eigenvalue weighted by molar-refractivity contribution is -0.120. The smallest absolute Gasteiger partial charge is 0.225 e. The number of halogens is 2. The molecule has 7 heteroatoms. The van der Waals surface area contributed by atoms with Crippen molar-refractivity contribution in [3.8, 4) is 0 Å². The van der Waals surface area contributed by atoms with Gasteiger partial charge in [0, 0.05) is 44.8 Å². The first kappa shape index (κ1) is 15.7. The van der Waals surface area contributed by atoms with Crippen molar-refractivity contribution in [2.75, 3.05) is 38.0 Å². The van der Waals surface area contributed by atoms with Crippen LogP contribution in [0.3, 0.4) is 0 Å². The molecule has 114 valence electrons. The molecule has 0 unspecified atom stereocenters. The summed E-state index contributed by atoms with van der Waals surface area (Å²) >= 11 is 5.66. The minimum absolute atomic E-state index is 0.0159. The van der Waals surface area contributed by atoms with Gasteiger partial charge in [-0.2, -0.15) is 0 Å². The molecule has 0 aliphatic carbocycles. The molecule has 1 aromatic carbocycles. The van der Waals surface area contributed by atoms with Crippen LogP contribution in [-0.4, -0.2) is 54.8 Å². The molecule has 5 nitrogen and oxygen atoms in total. The van der Waals surface area contributed by atoms with E-state index in [0.717, 1.165) is 19.5 Å². The van der Waals surface area contributed by atoms with E-state index in [1.54, 1.807) is 4.90 Å². The van der Waals surface area contributed by atoms with E-state index in [1.807, 2.05) is 0 Å². The Morgan fingerprint density at radius 1 is 1.33 bits per heavy atom. The van der Waals surface area contributed by atoms with E-state index in [0.29, 0.717) is 31.7 Å². The topological polar surface area (TPSA) is 52.7 Å². The number of nitrogens with zero attached hydrogens (tertiary/aromatic N) is 2. The Hall–Kier alpha value is -1.66. The molecule has 1 heterocycles. The highest BCUT2D eigenvalue weighted by molar-refractivity contribution is 6.31. The second kappa shape index (κ2) is 7.38. The molecule has 0 atom stereocenters. The zero-order valence-electron chi connectivity index (χ0n) is 11.5. The molecular formula is C14H17ClFN3O2. The largest absolute Gasteiger partial charge is 0.343 e. The minimum Gasteiger partial charge on any atom is -0.343 e. The lowest BCUT2D eigenvalue weighted by atomic mass is 10.2. The van der Waals surface area contributed by atoms with Gasteiger partial charge in [-0.25, -0.2) is 4.39 Å². The number of benzene rings is 1. The zero-order chi connectivity index (χ0) is 15.2. The van der Waals surface area contributed by atoms with Gasteiger partial charge < -0.3 is 10.2 Å². The number of carbonyl (C=O) groups is 2. The summed E-state index contributed by atoms with van der Waals surface area (Å²) in [5.74, 6) is -0.654. The van der Waals surface area contributed by atoms with Gasteiger partial charge in [0.2, 0.25) is 12.3 Å². The summed E-state index contributed by atoms with van der Waals surface area (Å²) in [5.41, 5.74) is 0.483. The molecule has 0 bridgehead atoms. The summed E-state index contributed by atoms with van der Waals surface area (Å²) in [6, 6.07) is 4.08. The second-order valence-corrected chi connectivity index (χ2v) is 5.32. The van der Waals surface area contributed by atoms with Crippen molar-refractivity contribution in [3.63, 3.8) is 0 Å². The summed E-state index contributed by atoms with van der Waals surface area (Å²) in [6.07, 6.45) is 1.19. The summed E-state index contributed by atoms with van der Waals surface area (Å²) in [4.78, 5) is 26.3. The molecule has 0 spiro atoms. The van der Waals surface area contributed by atoms with Crippen molar-refractivity contribution in [3.05, 3.63) is 29.0 Å². The van der Waals surface area contributed by atoms with E-state index in [4.69, 9.17) is 11.6 Å². The van der Waals surface area contributed by atoms with Crippen LogP contribution < -0.4 is 5.32 Å². The van der Waals surface area contributed by atoms with Crippen LogP contribution in [0.4, 0.5) is 10.1 Å². The average molecular weight is 314 g/mol. The first-order valence-electron chi connectivity index (χ1n) is 6.75. The monoisotopic (exact) mass is 313 g/mol. The van der Waals surface area contributed by atoms with E-state index < -0.39 is 5.82 Å². The Morgan fingerprint density at radius 3 is 2.67 bits per heavy atom. The maximum absolute atomic E-state index is 13.0. The van der Waals surface area contributed by atoms with Crippen molar-refractivity contribution in [1.29, 1.82) is 0 Å². The van der Waals surface area contributed by atoms with E-state index in [-0.39, 0.29) is 10.9 Å². The van der Waals surface area contributed by atoms with Gasteiger partial charge in [-0.3, -0.25) is 14.5 Å². The van der Waals surface area contributed by atoms with Crippen LogP contribution in [0, 0.1) is 5.82 Å². The molecule has 21 heavy (non-hydrogen) atoms. The molecule has 0 saturated carbocycles. The van der Waals surface area contributed by atoms with E-state index in [2.05, 4.69) is 10.2 Å². The highest BCUT2D eigenvalue weighted by Crippen LogP contribution is 2.19. The molecule has 2 amide bonds. The standard InChI is InChI=1S/C14H17ClFN3O2/c15-12-9-11(1-2-13(12)16)17-14(21)3-4-18-5-7-19(10-20)8-6-18/h1-2,9-10H,3-8H2,(H,17,21). The molecule has 0 radical (unpaired) electrons. The highest BCUT2D eigenvalue weighted by Gasteiger charge is 2.16. The highest BCUT2D eigenvalue weighted by atomic mass is 35.5. The number of nitrogens with one attached hydrogen (secondary N) is 1. The van der Waals surface area contributed by atoms with E-state index >= 15 is 0 Å². The third-order valence-electron chi connectivity index (χ3n) is 3.41. The van der Waals surface area contributed by atoms with Gasteiger partial charge in [0.05, 0.1) is 5.02 Å². The zero-order valence-corrected chi connectivity index (χ0v) is 12.3. The third kappa shape index (κ3) is 4.68. The lowest BCUT2D eigenvalue weighted by Gasteiger charge is -2.32. The van der Waals surface area contributed by atoms with Gasteiger partial charge in [-0.1, -0.05) is 11.6 Å². The fourth-order valence-corrected chi connectivity index (χ4v) is 2.33. The first-order chi connectivity index (χ1) is 10.1. The van der Waals surface area contributed by atoms with Crippen LogP contribution in [-0.2, 0) is 9.59 Å². The van der Waals surface area contributed by atoms with Crippen molar-refractivity contribution in [2.45, 2.75) is 6.42 Å². The Kier molecular flexibility index (Phi) is 5.52. The molecule has 2 rings (SSSR count). The minimum atomic E-state index is -0.511. The van der Waals surface area contributed by atoms with Gasteiger partial charge in [0.15, 0.2) is 0 Å². The molecule has 0 aromatic heterocycles. The van der Waals surface area contributed by atoms with Crippen molar-refractivity contribution in [1.82, 2.24) is 9.80 Å². The quantitative estimate of drug-likeness (QED) is 0.840. The van der Waals surface area contributed by atoms with Crippen LogP contribution in [0.1, 0.15) is 6.42 Å². The molecule has 1 aliphatic rings. The number of rotatable bonds is 5. The van der Waals surface area contributed by atoms with Gasteiger partial charge >= 0.3 is 0 Å². The van der Waals surface area contributed by atoms with Crippen LogP contribution >= 0.6 is 11.6 Å².